The molecular formula is C23H30N2O6S. The van der Waals surface area contributed by atoms with Gasteiger partial charge in [0.25, 0.3) is 0 Å². The van der Waals surface area contributed by atoms with Crippen LogP contribution in [-0.2, 0) is 14.8 Å². The maximum Gasteiger partial charge on any atom is 0.233 e. The number of nitrogens with zero attached hydrogens (tertiary/aromatic N) is 2. The predicted molar refractivity (Wildman–Crippen MR) is 120 cm³/mol. The monoisotopic (exact) mass is 462 g/mol. The van der Waals surface area contributed by atoms with Gasteiger partial charge in [0.1, 0.15) is 6.10 Å². The molecule has 2 aromatic carbocycles. The van der Waals surface area contributed by atoms with Crippen molar-refractivity contribution < 1.29 is 27.9 Å². The highest BCUT2D eigenvalue weighted by atomic mass is 32.2. The summed E-state index contributed by atoms with van der Waals surface area (Å²) >= 11 is 0. The van der Waals surface area contributed by atoms with Crippen molar-refractivity contribution in [1.82, 2.24) is 9.37 Å². The number of carbonyl (C=O) groups is 1. The first-order valence-corrected chi connectivity index (χ1v) is 12.3. The summed E-state index contributed by atoms with van der Waals surface area (Å²) in [7, 11) is -3.71. The first kappa shape index (κ1) is 24.0. The Morgan fingerprint density at radius 2 is 1.66 bits per heavy atom. The van der Waals surface area contributed by atoms with Gasteiger partial charge in [0.15, 0.2) is 11.5 Å². The van der Waals surface area contributed by atoms with Crippen LogP contribution < -0.4 is 9.47 Å². The van der Waals surface area contributed by atoms with Crippen molar-refractivity contribution >= 4 is 16.4 Å². The van der Waals surface area contributed by atoms with E-state index in [1.807, 2.05) is 38.1 Å². The molecule has 0 bridgehead atoms. The number of sulfonamides is 1. The zero-order chi connectivity index (χ0) is 23.1. The number of hydrogen-bond donors (Lipinski definition) is 1. The summed E-state index contributed by atoms with van der Waals surface area (Å²) in [5.41, 5.74) is 0.547. The Bertz CT molecular complexity index is 975. The maximum absolute atomic E-state index is 13.0. The van der Waals surface area contributed by atoms with E-state index in [0.29, 0.717) is 48.1 Å². The Balaban J connectivity index is 1.63. The standard InChI is InChI=1S/C23H30N2O6S/c1-18(2)30-22-10-6-7-11-23(22)31-20-12-14-24(15-13-20)32(28,29)16-21(25(27)17-26)19-8-4-3-5-9-19/h3-11,17-18,20-21,27H,12-16H2,1-2H3/t21-/m0/s1. The van der Waals surface area contributed by atoms with E-state index in [2.05, 4.69) is 0 Å². The summed E-state index contributed by atoms with van der Waals surface area (Å²) in [5.74, 6) is 0.914. The zero-order valence-electron chi connectivity index (χ0n) is 18.3. The summed E-state index contributed by atoms with van der Waals surface area (Å²) in [6.07, 6.45) is 1.17. The van der Waals surface area contributed by atoms with Gasteiger partial charge in [-0.15, -0.1) is 0 Å². The highest BCUT2D eigenvalue weighted by molar-refractivity contribution is 7.89. The number of benzene rings is 2. The van der Waals surface area contributed by atoms with Crippen LogP contribution in [0.3, 0.4) is 0 Å². The van der Waals surface area contributed by atoms with Crippen molar-refractivity contribution in [2.45, 2.75) is 44.9 Å². The van der Waals surface area contributed by atoms with E-state index < -0.39 is 21.8 Å². The summed E-state index contributed by atoms with van der Waals surface area (Å²) in [4.78, 5) is 11.1. The lowest BCUT2D eigenvalue weighted by atomic mass is 10.1. The Morgan fingerprint density at radius 3 is 2.25 bits per heavy atom. The Hall–Kier alpha value is -2.62. The minimum Gasteiger partial charge on any atom is -0.487 e. The maximum atomic E-state index is 13.0. The van der Waals surface area contributed by atoms with E-state index in [-0.39, 0.29) is 18.6 Å². The molecule has 0 unspecified atom stereocenters. The molecular weight excluding hydrogens is 432 g/mol. The van der Waals surface area contributed by atoms with E-state index in [0.717, 1.165) is 0 Å². The van der Waals surface area contributed by atoms with Gasteiger partial charge in [-0.1, -0.05) is 42.5 Å². The van der Waals surface area contributed by atoms with Gasteiger partial charge >= 0.3 is 0 Å². The minimum absolute atomic E-state index is 0.0155. The fourth-order valence-corrected chi connectivity index (χ4v) is 5.41. The number of carbonyl (C=O) groups excluding carboxylic acids is 1. The smallest absolute Gasteiger partial charge is 0.233 e. The van der Waals surface area contributed by atoms with Crippen LogP contribution in [0.15, 0.2) is 54.6 Å². The van der Waals surface area contributed by atoms with Crippen molar-refractivity contribution in [2.24, 2.45) is 0 Å². The minimum atomic E-state index is -3.71. The molecule has 1 amide bonds. The lowest BCUT2D eigenvalue weighted by molar-refractivity contribution is -0.159. The van der Waals surface area contributed by atoms with E-state index in [9.17, 15) is 18.4 Å². The Kier molecular flexibility index (Phi) is 8.11. The van der Waals surface area contributed by atoms with Gasteiger partial charge in [0.2, 0.25) is 16.4 Å². The lowest BCUT2D eigenvalue weighted by Gasteiger charge is -2.33. The number of rotatable bonds is 10. The average Bonchev–Trinajstić information content (AvgIpc) is 2.79. The van der Waals surface area contributed by atoms with E-state index in [1.54, 1.807) is 30.3 Å². The largest absolute Gasteiger partial charge is 0.487 e. The number of hydrogen-bond acceptors (Lipinski definition) is 6. The molecule has 3 rings (SSSR count). The molecule has 8 nitrogen and oxygen atoms in total. The molecule has 1 aliphatic heterocycles. The van der Waals surface area contributed by atoms with Crippen molar-refractivity contribution in [2.75, 3.05) is 18.8 Å². The van der Waals surface area contributed by atoms with Gasteiger partial charge in [-0.05, 0) is 44.4 Å². The number of ether oxygens (including phenoxy) is 2. The molecule has 174 valence electrons. The molecule has 0 aromatic heterocycles. The first-order chi connectivity index (χ1) is 15.3. The molecule has 1 heterocycles. The molecule has 1 N–H and O–H groups in total. The number of amides is 1. The lowest BCUT2D eigenvalue weighted by Crippen LogP contribution is -2.44. The van der Waals surface area contributed by atoms with Gasteiger partial charge < -0.3 is 9.47 Å². The predicted octanol–water partition coefficient (Wildman–Crippen LogP) is 3.24. The van der Waals surface area contributed by atoms with E-state index in [1.165, 1.54) is 4.31 Å². The van der Waals surface area contributed by atoms with Crippen LogP contribution in [0.25, 0.3) is 0 Å². The van der Waals surface area contributed by atoms with Gasteiger partial charge in [0, 0.05) is 13.1 Å². The second-order valence-corrected chi connectivity index (χ2v) is 10.0. The van der Waals surface area contributed by atoms with Crippen LogP contribution in [0.1, 0.15) is 38.3 Å². The quantitative estimate of drug-likeness (QED) is 0.331. The van der Waals surface area contributed by atoms with Crippen molar-refractivity contribution in [3.05, 3.63) is 60.2 Å². The molecule has 0 saturated carbocycles. The topological polar surface area (TPSA) is 96.4 Å². The molecule has 32 heavy (non-hydrogen) atoms. The SMILES string of the molecule is CC(C)Oc1ccccc1OC1CCN(S(=O)(=O)C[C@@H](c2ccccc2)N(O)C=O)CC1. The molecule has 1 saturated heterocycles. The van der Waals surface area contributed by atoms with Gasteiger partial charge in [-0.25, -0.2) is 17.8 Å². The molecule has 1 atom stereocenters. The number of para-hydroxylation sites is 2. The Labute approximate surface area is 189 Å². The molecule has 9 heteroatoms. The first-order valence-electron chi connectivity index (χ1n) is 10.7. The van der Waals surface area contributed by atoms with Crippen LogP contribution in [0.4, 0.5) is 0 Å². The van der Waals surface area contributed by atoms with E-state index >= 15 is 0 Å². The van der Waals surface area contributed by atoms with Crippen molar-refractivity contribution in [3.8, 4) is 11.5 Å². The van der Waals surface area contributed by atoms with Crippen LogP contribution in [0.5, 0.6) is 11.5 Å². The third kappa shape index (κ3) is 6.21. The van der Waals surface area contributed by atoms with E-state index in [4.69, 9.17) is 9.47 Å². The van der Waals surface area contributed by atoms with Crippen molar-refractivity contribution in [3.63, 3.8) is 0 Å². The molecule has 0 spiro atoms. The highest BCUT2D eigenvalue weighted by Gasteiger charge is 2.33. The fourth-order valence-electron chi connectivity index (χ4n) is 3.69. The summed E-state index contributed by atoms with van der Waals surface area (Å²) in [6.45, 7) is 4.49. The molecule has 1 fully saturated rings. The van der Waals surface area contributed by atoms with Crippen LogP contribution >= 0.6 is 0 Å². The summed E-state index contributed by atoms with van der Waals surface area (Å²) < 4.78 is 39.4. The normalized spacial score (nSPS) is 16.5. The molecule has 2 aromatic rings. The number of hydroxylamine groups is 2. The molecule has 0 radical (unpaired) electrons. The third-order valence-electron chi connectivity index (χ3n) is 5.28. The molecule has 0 aliphatic carbocycles. The summed E-state index contributed by atoms with van der Waals surface area (Å²) in [6, 6.07) is 15.1. The van der Waals surface area contributed by atoms with Gasteiger partial charge in [-0.2, -0.15) is 0 Å². The second-order valence-electron chi connectivity index (χ2n) is 8.02. The van der Waals surface area contributed by atoms with Crippen LogP contribution in [-0.4, -0.2) is 60.5 Å². The van der Waals surface area contributed by atoms with Gasteiger partial charge in [-0.3, -0.25) is 10.0 Å². The van der Waals surface area contributed by atoms with Crippen LogP contribution in [0, 0.1) is 0 Å². The van der Waals surface area contributed by atoms with Gasteiger partial charge in [0.05, 0.1) is 17.9 Å². The highest BCUT2D eigenvalue weighted by Crippen LogP contribution is 2.31. The number of piperidine rings is 1. The molecule has 1 aliphatic rings. The average molecular weight is 463 g/mol. The zero-order valence-corrected chi connectivity index (χ0v) is 19.1. The fraction of sp³-hybridized carbons (Fsp3) is 0.435. The second kappa shape index (κ2) is 10.8. The Morgan fingerprint density at radius 1 is 1.06 bits per heavy atom. The third-order valence-corrected chi connectivity index (χ3v) is 7.17. The summed E-state index contributed by atoms with van der Waals surface area (Å²) in [5, 5.41) is 10.4. The van der Waals surface area contributed by atoms with Crippen LogP contribution in [0.2, 0.25) is 0 Å². The van der Waals surface area contributed by atoms with Crippen molar-refractivity contribution in [1.29, 1.82) is 0 Å².